The largest absolute Gasteiger partial charge is 0.497 e. The van der Waals surface area contributed by atoms with Gasteiger partial charge >= 0.3 is 5.97 Å². The minimum atomic E-state index is -0.485. The van der Waals surface area contributed by atoms with Crippen LogP contribution in [0.5, 0.6) is 11.5 Å². The van der Waals surface area contributed by atoms with E-state index in [2.05, 4.69) is 15.5 Å². The number of hydrogen-bond donors (Lipinski definition) is 1. The summed E-state index contributed by atoms with van der Waals surface area (Å²) in [5.74, 6) is 0.166. The Morgan fingerprint density at radius 2 is 1.82 bits per heavy atom. The molecule has 0 unspecified atom stereocenters. The van der Waals surface area contributed by atoms with E-state index in [-0.39, 0.29) is 5.91 Å². The van der Waals surface area contributed by atoms with E-state index in [0.29, 0.717) is 28.2 Å². The van der Waals surface area contributed by atoms with Gasteiger partial charge in [-0.15, -0.1) is 0 Å². The Labute approximate surface area is 161 Å². The maximum Gasteiger partial charge on any atom is 0.343 e. The lowest BCUT2D eigenvalue weighted by Crippen LogP contribution is -2.17. The molecule has 0 aliphatic rings. The van der Waals surface area contributed by atoms with Gasteiger partial charge in [0.25, 0.3) is 5.91 Å². The lowest BCUT2D eigenvalue weighted by atomic mass is 10.2. The van der Waals surface area contributed by atoms with E-state index in [1.54, 1.807) is 74.0 Å². The number of carbonyl (C=O) groups is 2. The summed E-state index contributed by atoms with van der Waals surface area (Å²) in [6.45, 7) is 0. The average Bonchev–Trinajstić information content (AvgIpc) is 2.74. The molecule has 0 aliphatic carbocycles. The Hall–Kier alpha value is -4.00. The minimum absolute atomic E-state index is 0.364. The Bertz CT molecular complexity index is 986. The molecule has 7 heteroatoms. The minimum Gasteiger partial charge on any atom is -0.497 e. The first kappa shape index (κ1) is 18.8. The summed E-state index contributed by atoms with van der Waals surface area (Å²) in [7, 11) is 1.56. The maximum atomic E-state index is 12.2. The number of pyridine rings is 1. The quantitative estimate of drug-likeness (QED) is 0.309. The summed E-state index contributed by atoms with van der Waals surface area (Å²) < 4.78 is 10.4. The van der Waals surface area contributed by atoms with Crippen LogP contribution in [0.4, 0.5) is 0 Å². The van der Waals surface area contributed by atoms with Gasteiger partial charge in [-0.05, 0) is 54.1 Å². The Morgan fingerprint density at radius 1 is 1.00 bits per heavy atom. The number of methoxy groups -OCH3 is 1. The van der Waals surface area contributed by atoms with Gasteiger partial charge in [-0.1, -0.05) is 12.1 Å². The van der Waals surface area contributed by atoms with Crippen LogP contribution in [0.3, 0.4) is 0 Å². The first-order chi connectivity index (χ1) is 13.7. The van der Waals surface area contributed by atoms with E-state index in [9.17, 15) is 9.59 Å². The molecule has 0 aliphatic heterocycles. The van der Waals surface area contributed by atoms with Crippen LogP contribution >= 0.6 is 0 Å². The van der Waals surface area contributed by atoms with Crippen LogP contribution in [0.1, 0.15) is 26.3 Å². The van der Waals surface area contributed by atoms with Crippen molar-refractivity contribution in [2.45, 2.75) is 0 Å². The summed E-state index contributed by atoms with van der Waals surface area (Å²) in [4.78, 5) is 28.0. The molecule has 2 aromatic carbocycles. The smallest absolute Gasteiger partial charge is 0.343 e. The third kappa shape index (κ3) is 5.01. The second kappa shape index (κ2) is 9.09. The van der Waals surface area contributed by atoms with Crippen LogP contribution in [0.25, 0.3) is 0 Å². The second-order valence-electron chi connectivity index (χ2n) is 5.63. The fourth-order valence-corrected chi connectivity index (χ4v) is 2.28. The highest BCUT2D eigenvalue weighted by Gasteiger charge is 2.09. The SMILES string of the molecule is COc1ccc(C(=O)Oc2cccc(C=NNC(=O)c3cccnc3)c2)cc1. The summed E-state index contributed by atoms with van der Waals surface area (Å²) in [6.07, 6.45) is 4.49. The maximum absolute atomic E-state index is 12.2. The molecule has 0 spiro atoms. The molecule has 1 aromatic heterocycles. The van der Waals surface area contributed by atoms with Gasteiger partial charge in [0, 0.05) is 12.4 Å². The molecular weight excluding hydrogens is 358 g/mol. The molecule has 1 heterocycles. The number of amides is 1. The van der Waals surface area contributed by atoms with Gasteiger partial charge in [-0.25, -0.2) is 10.2 Å². The van der Waals surface area contributed by atoms with Crippen LogP contribution < -0.4 is 14.9 Å². The lowest BCUT2D eigenvalue weighted by molar-refractivity contribution is 0.0734. The Balaban J connectivity index is 1.61. The lowest BCUT2D eigenvalue weighted by Gasteiger charge is -2.06. The molecule has 0 fully saturated rings. The average molecular weight is 375 g/mol. The van der Waals surface area contributed by atoms with Crippen molar-refractivity contribution in [3.8, 4) is 11.5 Å². The normalized spacial score (nSPS) is 10.5. The molecular formula is C21H17N3O4. The number of hydrazone groups is 1. The molecule has 0 radical (unpaired) electrons. The molecule has 28 heavy (non-hydrogen) atoms. The number of benzene rings is 2. The summed E-state index contributed by atoms with van der Waals surface area (Å²) >= 11 is 0. The van der Waals surface area contributed by atoms with E-state index >= 15 is 0 Å². The summed E-state index contributed by atoms with van der Waals surface area (Å²) in [5.41, 5.74) is 3.88. The molecule has 0 saturated heterocycles. The third-order valence-electron chi connectivity index (χ3n) is 3.70. The van der Waals surface area contributed by atoms with Crippen molar-refractivity contribution in [1.82, 2.24) is 10.4 Å². The van der Waals surface area contributed by atoms with Crippen LogP contribution in [-0.4, -0.2) is 30.2 Å². The zero-order valence-electron chi connectivity index (χ0n) is 15.0. The van der Waals surface area contributed by atoms with Crippen molar-refractivity contribution in [2.24, 2.45) is 5.10 Å². The molecule has 1 N–H and O–H groups in total. The topological polar surface area (TPSA) is 89.9 Å². The second-order valence-corrected chi connectivity index (χ2v) is 5.63. The van der Waals surface area contributed by atoms with E-state index in [4.69, 9.17) is 9.47 Å². The van der Waals surface area contributed by atoms with E-state index in [0.717, 1.165) is 0 Å². The number of nitrogens with one attached hydrogen (secondary N) is 1. The highest BCUT2D eigenvalue weighted by Crippen LogP contribution is 2.16. The van der Waals surface area contributed by atoms with Crippen molar-refractivity contribution in [2.75, 3.05) is 7.11 Å². The number of nitrogens with zero attached hydrogens (tertiary/aromatic N) is 2. The predicted molar refractivity (Wildman–Crippen MR) is 104 cm³/mol. The van der Waals surface area contributed by atoms with Gasteiger partial charge in [0.15, 0.2) is 0 Å². The number of rotatable bonds is 6. The Kier molecular flexibility index (Phi) is 6.10. The molecule has 7 nitrogen and oxygen atoms in total. The summed E-state index contributed by atoms with van der Waals surface area (Å²) in [5, 5.41) is 3.91. The Morgan fingerprint density at radius 3 is 2.54 bits per heavy atom. The third-order valence-corrected chi connectivity index (χ3v) is 3.70. The fourth-order valence-electron chi connectivity index (χ4n) is 2.28. The first-order valence-corrected chi connectivity index (χ1v) is 8.35. The number of hydrogen-bond acceptors (Lipinski definition) is 6. The van der Waals surface area contributed by atoms with Crippen molar-refractivity contribution in [3.63, 3.8) is 0 Å². The van der Waals surface area contributed by atoms with Gasteiger partial charge < -0.3 is 9.47 Å². The fraction of sp³-hybridized carbons (Fsp3) is 0.0476. The van der Waals surface area contributed by atoms with Crippen LogP contribution in [0.15, 0.2) is 78.2 Å². The van der Waals surface area contributed by atoms with E-state index in [1.807, 2.05) is 0 Å². The van der Waals surface area contributed by atoms with Crippen molar-refractivity contribution < 1.29 is 19.1 Å². The zero-order valence-corrected chi connectivity index (χ0v) is 15.0. The molecule has 0 saturated carbocycles. The summed E-state index contributed by atoms with van der Waals surface area (Å²) in [6, 6.07) is 16.7. The first-order valence-electron chi connectivity index (χ1n) is 8.35. The van der Waals surface area contributed by atoms with Gasteiger partial charge in [0.1, 0.15) is 11.5 Å². The van der Waals surface area contributed by atoms with Crippen molar-refractivity contribution in [1.29, 1.82) is 0 Å². The van der Waals surface area contributed by atoms with Gasteiger partial charge in [-0.2, -0.15) is 5.10 Å². The van der Waals surface area contributed by atoms with Crippen molar-refractivity contribution >= 4 is 18.1 Å². The van der Waals surface area contributed by atoms with Crippen LogP contribution in [0, 0.1) is 0 Å². The molecule has 0 bridgehead atoms. The highest BCUT2D eigenvalue weighted by molar-refractivity contribution is 5.94. The van der Waals surface area contributed by atoms with Crippen LogP contribution in [0.2, 0.25) is 0 Å². The van der Waals surface area contributed by atoms with Gasteiger partial charge in [0.2, 0.25) is 0 Å². The highest BCUT2D eigenvalue weighted by atomic mass is 16.5. The molecule has 1 amide bonds. The van der Waals surface area contributed by atoms with E-state index < -0.39 is 5.97 Å². The predicted octanol–water partition coefficient (Wildman–Crippen LogP) is 3.07. The monoisotopic (exact) mass is 375 g/mol. The number of ether oxygens (including phenoxy) is 2. The van der Waals surface area contributed by atoms with Gasteiger partial charge in [0.05, 0.1) is 24.5 Å². The van der Waals surface area contributed by atoms with Crippen molar-refractivity contribution in [3.05, 3.63) is 89.7 Å². The standard InChI is InChI=1S/C21H17N3O4/c1-27-18-9-7-16(8-10-18)21(26)28-19-6-2-4-15(12-19)13-23-24-20(25)17-5-3-11-22-14-17/h2-14H,1H3,(H,24,25). The zero-order chi connectivity index (χ0) is 19.8. The van der Waals surface area contributed by atoms with E-state index in [1.165, 1.54) is 12.4 Å². The molecule has 3 rings (SSSR count). The number of esters is 1. The molecule has 140 valence electrons. The number of aromatic nitrogens is 1. The number of carbonyl (C=O) groups excluding carboxylic acids is 2. The van der Waals surface area contributed by atoms with Crippen LogP contribution in [-0.2, 0) is 0 Å². The van der Waals surface area contributed by atoms with Gasteiger partial charge in [-0.3, -0.25) is 9.78 Å². The molecule has 3 aromatic rings. The molecule has 0 atom stereocenters.